The Hall–Kier alpha value is -1.88. The molecule has 0 atom stereocenters. The molecule has 3 aromatic rings. The number of rotatable bonds is 4. The van der Waals surface area contributed by atoms with Gasteiger partial charge in [0, 0.05) is 10.1 Å². The molecule has 1 N–H and O–H groups in total. The van der Waals surface area contributed by atoms with E-state index in [1.54, 1.807) is 0 Å². The molecule has 22 heavy (non-hydrogen) atoms. The maximum Gasteiger partial charge on any atom is 0.286 e. The van der Waals surface area contributed by atoms with Crippen molar-refractivity contribution in [2.24, 2.45) is 0 Å². The van der Waals surface area contributed by atoms with Gasteiger partial charge in [0.15, 0.2) is 0 Å². The average Bonchev–Trinajstić information content (AvgIpc) is 2.87. The van der Waals surface area contributed by atoms with Crippen LogP contribution in [0.4, 0.5) is 0 Å². The number of hydrogen-bond acceptors (Lipinski definition) is 3. The lowest BCUT2D eigenvalue weighted by Crippen LogP contribution is -2.22. The molecule has 0 spiro atoms. The molecule has 0 aliphatic heterocycles. The van der Waals surface area contributed by atoms with E-state index in [9.17, 15) is 4.79 Å². The first-order chi connectivity index (χ1) is 10.7. The second-order valence-electron chi connectivity index (χ2n) is 4.90. The van der Waals surface area contributed by atoms with Gasteiger partial charge in [-0.2, -0.15) is 0 Å². The number of nitrogens with one attached hydrogen (secondary N) is 1. The minimum atomic E-state index is -0.318. The fourth-order valence-corrected chi connectivity index (χ4v) is 3.79. The Bertz CT molecular complexity index is 814. The second kappa shape index (κ2) is 6.48. The summed E-state index contributed by atoms with van der Waals surface area (Å²) >= 11 is 7.72. The van der Waals surface area contributed by atoms with Crippen LogP contribution in [0.15, 0.2) is 48.5 Å². The highest BCUT2D eigenvalue weighted by atomic mass is 35.5. The van der Waals surface area contributed by atoms with E-state index in [1.165, 1.54) is 11.3 Å². The lowest BCUT2D eigenvalue weighted by Gasteiger charge is -2.05. The minimum Gasteiger partial charge on any atom is -0.269 e. The molecule has 0 fully saturated rings. The SMILES string of the molecule is Cc1cccc2sc(C(=O)NOCc3ccccc3)c(Cl)c12. The van der Waals surface area contributed by atoms with Crippen molar-refractivity contribution in [1.29, 1.82) is 0 Å². The van der Waals surface area contributed by atoms with E-state index in [4.69, 9.17) is 16.4 Å². The van der Waals surface area contributed by atoms with Crippen molar-refractivity contribution in [3.8, 4) is 0 Å². The van der Waals surface area contributed by atoms with Gasteiger partial charge in [-0.1, -0.05) is 54.1 Å². The topological polar surface area (TPSA) is 38.3 Å². The fraction of sp³-hybridized carbons (Fsp3) is 0.118. The van der Waals surface area contributed by atoms with Gasteiger partial charge in [-0.3, -0.25) is 9.63 Å². The number of amides is 1. The largest absolute Gasteiger partial charge is 0.286 e. The van der Waals surface area contributed by atoms with E-state index in [2.05, 4.69) is 5.48 Å². The number of thiophene rings is 1. The van der Waals surface area contributed by atoms with Crippen molar-refractivity contribution in [2.45, 2.75) is 13.5 Å². The van der Waals surface area contributed by atoms with E-state index in [-0.39, 0.29) is 5.91 Å². The first-order valence-corrected chi connectivity index (χ1v) is 8.00. The van der Waals surface area contributed by atoms with Crippen LogP contribution in [-0.2, 0) is 11.4 Å². The predicted octanol–water partition coefficient (Wildman–Crippen LogP) is 4.72. The van der Waals surface area contributed by atoms with Crippen LogP contribution in [0.5, 0.6) is 0 Å². The average molecular weight is 332 g/mol. The van der Waals surface area contributed by atoms with Gasteiger partial charge >= 0.3 is 0 Å². The monoisotopic (exact) mass is 331 g/mol. The molecule has 0 radical (unpaired) electrons. The van der Waals surface area contributed by atoms with E-state index in [0.717, 1.165) is 21.2 Å². The molecule has 2 aromatic carbocycles. The number of fused-ring (bicyclic) bond motifs is 1. The zero-order valence-corrected chi connectivity index (χ0v) is 13.5. The predicted molar refractivity (Wildman–Crippen MR) is 90.3 cm³/mol. The summed E-state index contributed by atoms with van der Waals surface area (Å²) in [5.74, 6) is -0.318. The summed E-state index contributed by atoms with van der Waals surface area (Å²) in [5.41, 5.74) is 4.50. The van der Waals surface area contributed by atoms with Gasteiger partial charge in [-0.25, -0.2) is 5.48 Å². The Kier molecular flexibility index (Phi) is 4.43. The highest BCUT2D eigenvalue weighted by Gasteiger charge is 2.18. The van der Waals surface area contributed by atoms with Crippen LogP contribution in [0, 0.1) is 6.92 Å². The van der Waals surface area contributed by atoms with Crippen LogP contribution in [0.2, 0.25) is 5.02 Å². The van der Waals surface area contributed by atoms with Gasteiger partial charge in [0.05, 0.1) is 11.6 Å². The molecule has 5 heteroatoms. The molecule has 112 valence electrons. The summed E-state index contributed by atoms with van der Waals surface area (Å²) in [6.07, 6.45) is 0. The van der Waals surface area contributed by atoms with Gasteiger partial charge in [0.25, 0.3) is 5.91 Å². The Balaban J connectivity index is 1.73. The van der Waals surface area contributed by atoms with Gasteiger partial charge in [0.1, 0.15) is 4.88 Å². The second-order valence-corrected chi connectivity index (χ2v) is 6.33. The molecule has 1 aromatic heterocycles. The standard InChI is InChI=1S/C17H14ClNO2S/c1-11-6-5-9-13-14(11)15(18)16(22-13)17(20)19-21-10-12-7-3-2-4-8-12/h2-9H,10H2,1H3,(H,19,20). The summed E-state index contributed by atoms with van der Waals surface area (Å²) in [7, 11) is 0. The third kappa shape index (κ3) is 2.99. The lowest BCUT2D eigenvalue weighted by atomic mass is 10.1. The smallest absolute Gasteiger partial charge is 0.269 e. The van der Waals surface area contributed by atoms with Crippen LogP contribution in [-0.4, -0.2) is 5.91 Å². The van der Waals surface area contributed by atoms with Crippen molar-refractivity contribution in [3.05, 3.63) is 69.6 Å². The number of hydrogen-bond donors (Lipinski definition) is 1. The van der Waals surface area contributed by atoms with E-state index in [1.807, 2.05) is 55.5 Å². The van der Waals surface area contributed by atoms with Gasteiger partial charge < -0.3 is 0 Å². The third-order valence-corrected chi connectivity index (χ3v) is 4.96. The van der Waals surface area contributed by atoms with E-state index >= 15 is 0 Å². The first kappa shape index (κ1) is 15.0. The highest BCUT2D eigenvalue weighted by molar-refractivity contribution is 7.21. The van der Waals surface area contributed by atoms with Gasteiger partial charge in [0.2, 0.25) is 0 Å². The zero-order valence-electron chi connectivity index (χ0n) is 11.9. The third-order valence-electron chi connectivity index (χ3n) is 3.32. The number of carbonyl (C=O) groups is 1. The van der Waals surface area contributed by atoms with Crippen molar-refractivity contribution in [3.63, 3.8) is 0 Å². The van der Waals surface area contributed by atoms with Crippen molar-refractivity contribution in [2.75, 3.05) is 0 Å². The summed E-state index contributed by atoms with van der Waals surface area (Å²) in [5, 5.41) is 1.42. The van der Waals surface area contributed by atoms with Gasteiger partial charge in [-0.15, -0.1) is 11.3 Å². The maximum atomic E-state index is 12.2. The van der Waals surface area contributed by atoms with Crippen molar-refractivity contribution >= 4 is 38.9 Å². The number of hydroxylamine groups is 1. The molecule has 0 unspecified atom stereocenters. The van der Waals surface area contributed by atoms with Crippen LogP contribution in [0.25, 0.3) is 10.1 Å². The zero-order chi connectivity index (χ0) is 15.5. The molecular formula is C17H14ClNO2S. The number of carbonyl (C=O) groups excluding carboxylic acids is 1. The van der Waals surface area contributed by atoms with Crippen molar-refractivity contribution < 1.29 is 9.63 Å². The van der Waals surface area contributed by atoms with Crippen molar-refractivity contribution in [1.82, 2.24) is 5.48 Å². The Morgan fingerprint density at radius 1 is 1.18 bits per heavy atom. The van der Waals surface area contributed by atoms with Gasteiger partial charge in [-0.05, 0) is 24.1 Å². The Morgan fingerprint density at radius 2 is 1.95 bits per heavy atom. The van der Waals surface area contributed by atoms with Crippen LogP contribution < -0.4 is 5.48 Å². The van der Waals surface area contributed by atoms with Crippen LogP contribution in [0.1, 0.15) is 20.8 Å². The fourth-order valence-electron chi connectivity index (χ4n) is 2.23. The molecule has 3 rings (SSSR count). The summed E-state index contributed by atoms with van der Waals surface area (Å²) in [6, 6.07) is 15.5. The highest BCUT2D eigenvalue weighted by Crippen LogP contribution is 2.37. The molecule has 1 amide bonds. The number of halogens is 1. The number of benzene rings is 2. The van der Waals surface area contributed by atoms with E-state index < -0.39 is 0 Å². The molecule has 1 heterocycles. The molecular weight excluding hydrogens is 318 g/mol. The summed E-state index contributed by atoms with van der Waals surface area (Å²) in [4.78, 5) is 18.0. The quantitative estimate of drug-likeness (QED) is 0.702. The molecule has 0 aliphatic carbocycles. The number of aryl methyl sites for hydroxylation is 1. The molecule has 0 aliphatic rings. The van der Waals surface area contributed by atoms with E-state index in [0.29, 0.717) is 16.5 Å². The van der Waals surface area contributed by atoms with Crippen LogP contribution >= 0.6 is 22.9 Å². The molecule has 0 saturated carbocycles. The molecule has 0 bridgehead atoms. The first-order valence-electron chi connectivity index (χ1n) is 6.80. The molecule has 3 nitrogen and oxygen atoms in total. The maximum absolute atomic E-state index is 12.2. The van der Waals surface area contributed by atoms with Crippen LogP contribution in [0.3, 0.4) is 0 Å². The summed E-state index contributed by atoms with van der Waals surface area (Å²) in [6.45, 7) is 2.29. The lowest BCUT2D eigenvalue weighted by molar-refractivity contribution is 0.0237. The summed E-state index contributed by atoms with van der Waals surface area (Å²) < 4.78 is 0.998. The Morgan fingerprint density at radius 3 is 2.68 bits per heavy atom. The minimum absolute atomic E-state index is 0.314. The normalized spacial score (nSPS) is 10.8. The molecule has 0 saturated heterocycles. The Labute approximate surface area is 137 Å².